The molecule has 0 saturated heterocycles. The minimum absolute atomic E-state index is 0.569. The fraction of sp³-hybridized carbons (Fsp3) is 0.867. The first-order valence-corrected chi connectivity index (χ1v) is 7.41. The van der Waals surface area contributed by atoms with Gasteiger partial charge in [0.2, 0.25) is 0 Å². The molecule has 0 radical (unpaired) electrons. The molecule has 0 spiro atoms. The zero-order valence-electron chi connectivity index (χ0n) is 12.8. The second-order valence-electron chi connectivity index (χ2n) is 4.17. The molecule has 120 valence electrons. The first-order valence-electron chi connectivity index (χ1n) is 7.41. The smallest absolute Gasteiger partial charge is 0.0704 e. The zero-order valence-corrected chi connectivity index (χ0v) is 12.8. The van der Waals surface area contributed by atoms with Crippen LogP contribution in [0.15, 0.2) is 12.7 Å². The molecule has 5 nitrogen and oxygen atoms in total. The molecule has 0 amide bonds. The highest BCUT2D eigenvalue weighted by Crippen LogP contribution is 1.88. The number of ether oxygens (including phenoxy) is 5. The molecular formula is C15H30O5. The first-order chi connectivity index (χ1) is 9.91. The summed E-state index contributed by atoms with van der Waals surface area (Å²) in [6, 6.07) is 0. The Morgan fingerprint density at radius 3 is 1.45 bits per heavy atom. The van der Waals surface area contributed by atoms with E-state index in [2.05, 4.69) is 13.5 Å². The summed E-state index contributed by atoms with van der Waals surface area (Å²) >= 11 is 0. The van der Waals surface area contributed by atoms with Crippen LogP contribution in [0.1, 0.15) is 19.8 Å². The van der Waals surface area contributed by atoms with E-state index in [9.17, 15) is 0 Å². The molecule has 0 rings (SSSR count). The van der Waals surface area contributed by atoms with Crippen LogP contribution in [0.25, 0.3) is 0 Å². The highest BCUT2D eigenvalue weighted by Gasteiger charge is 1.92. The maximum Gasteiger partial charge on any atom is 0.0704 e. The Morgan fingerprint density at radius 1 is 0.650 bits per heavy atom. The van der Waals surface area contributed by atoms with Crippen LogP contribution in [-0.2, 0) is 23.7 Å². The molecule has 0 fully saturated rings. The zero-order chi connectivity index (χ0) is 14.7. The van der Waals surface area contributed by atoms with Gasteiger partial charge in [0.1, 0.15) is 0 Å². The van der Waals surface area contributed by atoms with Crippen molar-refractivity contribution < 1.29 is 23.7 Å². The van der Waals surface area contributed by atoms with Crippen molar-refractivity contribution in [1.82, 2.24) is 0 Å². The number of hydrogen-bond donors (Lipinski definition) is 0. The molecule has 0 aliphatic rings. The molecule has 0 aromatic rings. The maximum atomic E-state index is 5.37. The lowest BCUT2D eigenvalue weighted by Gasteiger charge is -2.07. The Balaban J connectivity index is 2.90. The summed E-state index contributed by atoms with van der Waals surface area (Å²) in [5.41, 5.74) is 0. The van der Waals surface area contributed by atoms with Crippen LogP contribution in [0.2, 0.25) is 0 Å². The molecule has 5 heteroatoms. The van der Waals surface area contributed by atoms with Crippen LogP contribution >= 0.6 is 0 Å². The Kier molecular flexibility index (Phi) is 18.1. The van der Waals surface area contributed by atoms with Gasteiger partial charge in [0, 0.05) is 6.61 Å². The van der Waals surface area contributed by atoms with Gasteiger partial charge in [-0.1, -0.05) is 19.4 Å². The van der Waals surface area contributed by atoms with Gasteiger partial charge in [0.15, 0.2) is 0 Å². The van der Waals surface area contributed by atoms with Gasteiger partial charge < -0.3 is 23.7 Å². The fourth-order valence-electron chi connectivity index (χ4n) is 1.29. The van der Waals surface area contributed by atoms with Gasteiger partial charge in [-0.25, -0.2) is 0 Å². The van der Waals surface area contributed by atoms with Crippen molar-refractivity contribution in [3.05, 3.63) is 12.7 Å². The topological polar surface area (TPSA) is 46.2 Å². The normalized spacial score (nSPS) is 10.8. The molecule has 0 aromatic carbocycles. The summed E-state index contributed by atoms with van der Waals surface area (Å²) in [5, 5.41) is 0. The molecule has 20 heavy (non-hydrogen) atoms. The van der Waals surface area contributed by atoms with Crippen molar-refractivity contribution in [3.8, 4) is 0 Å². The SMILES string of the molecule is C=CCOCCOCCOCCOCCOCCCC. The summed E-state index contributed by atoms with van der Waals surface area (Å²) in [6.45, 7) is 11.9. The third-order valence-electron chi connectivity index (χ3n) is 2.37. The lowest BCUT2D eigenvalue weighted by molar-refractivity contribution is -0.00951. The van der Waals surface area contributed by atoms with Gasteiger partial charge in [-0.2, -0.15) is 0 Å². The second kappa shape index (κ2) is 18.5. The van der Waals surface area contributed by atoms with Gasteiger partial charge in [0.25, 0.3) is 0 Å². The van der Waals surface area contributed by atoms with Crippen molar-refractivity contribution >= 4 is 0 Å². The number of rotatable bonds is 17. The van der Waals surface area contributed by atoms with E-state index >= 15 is 0 Å². The summed E-state index contributed by atoms with van der Waals surface area (Å²) in [5.74, 6) is 0. The molecular weight excluding hydrogens is 260 g/mol. The van der Waals surface area contributed by atoms with Gasteiger partial charge in [-0.3, -0.25) is 0 Å². The fourth-order valence-corrected chi connectivity index (χ4v) is 1.29. The highest BCUT2D eigenvalue weighted by molar-refractivity contribution is 4.63. The van der Waals surface area contributed by atoms with E-state index < -0.39 is 0 Å². The van der Waals surface area contributed by atoms with E-state index in [1.165, 1.54) is 0 Å². The van der Waals surface area contributed by atoms with Crippen molar-refractivity contribution in [1.29, 1.82) is 0 Å². The molecule has 0 aliphatic heterocycles. The van der Waals surface area contributed by atoms with Crippen LogP contribution in [0.5, 0.6) is 0 Å². The van der Waals surface area contributed by atoms with Crippen molar-refractivity contribution in [2.45, 2.75) is 19.8 Å². The molecule has 0 unspecified atom stereocenters. The molecule has 0 heterocycles. The van der Waals surface area contributed by atoms with E-state index in [0.29, 0.717) is 59.5 Å². The van der Waals surface area contributed by atoms with E-state index in [4.69, 9.17) is 23.7 Å². The Bertz CT molecular complexity index is 187. The predicted molar refractivity (Wildman–Crippen MR) is 79.2 cm³/mol. The van der Waals surface area contributed by atoms with Crippen LogP contribution in [-0.4, -0.2) is 66.1 Å². The average Bonchev–Trinajstić information content (AvgIpc) is 2.47. The largest absolute Gasteiger partial charge is 0.379 e. The van der Waals surface area contributed by atoms with E-state index in [1.807, 2.05) is 0 Å². The van der Waals surface area contributed by atoms with Gasteiger partial charge in [0.05, 0.1) is 59.5 Å². The third-order valence-corrected chi connectivity index (χ3v) is 2.37. The second-order valence-corrected chi connectivity index (χ2v) is 4.17. The Morgan fingerprint density at radius 2 is 1.05 bits per heavy atom. The molecule has 0 bridgehead atoms. The molecule has 0 aromatic heterocycles. The van der Waals surface area contributed by atoms with Gasteiger partial charge in [-0.15, -0.1) is 6.58 Å². The Labute approximate surface area is 123 Å². The predicted octanol–water partition coefficient (Wildman–Crippen LogP) is 2.06. The lowest BCUT2D eigenvalue weighted by atomic mass is 10.4. The molecule has 0 N–H and O–H groups in total. The quantitative estimate of drug-likeness (QED) is 0.303. The summed E-state index contributed by atoms with van der Waals surface area (Å²) in [7, 11) is 0. The van der Waals surface area contributed by atoms with Crippen molar-refractivity contribution in [3.63, 3.8) is 0 Å². The molecule has 0 saturated carbocycles. The minimum atomic E-state index is 0.569. The minimum Gasteiger partial charge on any atom is -0.379 e. The third kappa shape index (κ3) is 17.5. The van der Waals surface area contributed by atoms with E-state index in [1.54, 1.807) is 6.08 Å². The summed E-state index contributed by atoms with van der Waals surface area (Å²) < 4.78 is 26.6. The monoisotopic (exact) mass is 290 g/mol. The van der Waals surface area contributed by atoms with Crippen LogP contribution in [0.4, 0.5) is 0 Å². The molecule has 0 atom stereocenters. The highest BCUT2D eigenvalue weighted by atomic mass is 16.6. The molecule has 0 aliphatic carbocycles. The van der Waals surface area contributed by atoms with Crippen molar-refractivity contribution in [2.75, 3.05) is 66.1 Å². The number of unbranched alkanes of at least 4 members (excludes halogenated alkanes) is 1. The summed E-state index contributed by atoms with van der Waals surface area (Å²) in [6.07, 6.45) is 4.00. The van der Waals surface area contributed by atoms with E-state index in [0.717, 1.165) is 19.4 Å². The van der Waals surface area contributed by atoms with Crippen LogP contribution in [0, 0.1) is 0 Å². The summed E-state index contributed by atoms with van der Waals surface area (Å²) in [4.78, 5) is 0. The van der Waals surface area contributed by atoms with E-state index in [-0.39, 0.29) is 0 Å². The average molecular weight is 290 g/mol. The van der Waals surface area contributed by atoms with Crippen LogP contribution in [0.3, 0.4) is 0 Å². The van der Waals surface area contributed by atoms with Gasteiger partial charge >= 0.3 is 0 Å². The van der Waals surface area contributed by atoms with Gasteiger partial charge in [-0.05, 0) is 6.42 Å². The van der Waals surface area contributed by atoms with Crippen LogP contribution < -0.4 is 0 Å². The standard InChI is InChI=1S/C15H30O5/c1-3-5-7-17-9-11-19-13-15-20-14-12-18-10-8-16-6-4-2/h4H,2-3,5-15H2,1H3. The Hall–Kier alpha value is -0.460. The first kappa shape index (κ1) is 19.5. The van der Waals surface area contributed by atoms with Crippen molar-refractivity contribution in [2.24, 2.45) is 0 Å². The number of hydrogen-bond acceptors (Lipinski definition) is 5. The lowest BCUT2D eigenvalue weighted by Crippen LogP contribution is -2.13. The maximum absolute atomic E-state index is 5.37.